The van der Waals surface area contributed by atoms with Gasteiger partial charge in [-0.15, -0.1) is 0 Å². The standard InChI is InChI=1S/C16H13F2NO6/c1-23-14-8-11(5-6-13(14)25-16(17)18)15(20)24-9-10-3-2-4-12(7-10)19(21)22/h2-8,16H,9H2,1H3. The van der Waals surface area contributed by atoms with Gasteiger partial charge in [0.1, 0.15) is 6.61 Å². The van der Waals surface area contributed by atoms with Crippen LogP contribution in [0.1, 0.15) is 15.9 Å². The molecular formula is C16H13F2NO6. The molecule has 0 radical (unpaired) electrons. The van der Waals surface area contributed by atoms with Gasteiger partial charge in [-0.25, -0.2) is 4.79 Å². The van der Waals surface area contributed by atoms with E-state index < -0.39 is 17.5 Å². The summed E-state index contributed by atoms with van der Waals surface area (Å²) in [6, 6.07) is 9.26. The lowest BCUT2D eigenvalue weighted by molar-refractivity contribution is -0.384. The monoisotopic (exact) mass is 353 g/mol. The van der Waals surface area contributed by atoms with Crippen molar-refractivity contribution in [1.82, 2.24) is 0 Å². The summed E-state index contributed by atoms with van der Waals surface area (Å²) in [4.78, 5) is 22.2. The molecule has 0 aliphatic rings. The molecule has 0 aromatic heterocycles. The molecule has 0 heterocycles. The molecule has 2 rings (SSSR count). The number of esters is 1. The first-order chi connectivity index (χ1) is 11.9. The highest BCUT2D eigenvalue weighted by Gasteiger charge is 2.15. The SMILES string of the molecule is COc1cc(C(=O)OCc2cccc([N+](=O)[O-])c2)ccc1OC(F)F. The Bertz CT molecular complexity index is 781. The van der Waals surface area contributed by atoms with Gasteiger partial charge in [-0.1, -0.05) is 12.1 Å². The third-order valence-corrected chi connectivity index (χ3v) is 3.11. The normalized spacial score (nSPS) is 10.4. The number of hydrogen-bond acceptors (Lipinski definition) is 6. The lowest BCUT2D eigenvalue weighted by atomic mass is 10.2. The highest BCUT2D eigenvalue weighted by Crippen LogP contribution is 2.29. The minimum absolute atomic E-state index is 0.0508. The molecule has 2 aromatic carbocycles. The molecule has 0 atom stereocenters. The van der Waals surface area contributed by atoms with E-state index in [4.69, 9.17) is 9.47 Å². The van der Waals surface area contributed by atoms with E-state index in [1.807, 2.05) is 0 Å². The van der Waals surface area contributed by atoms with E-state index in [9.17, 15) is 23.7 Å². The van der Waals surface area contributed by atoms with Gasteiger partial charge < -0.3 is 14.2 Å². The molecule has 0 saturated heterocycles. The number of non-ortho nitro benzene ring substituents is 1. The molecule has 0 aliphatic heterocycles. The number of methoxy groups -OCH3 is 1. The summed E-state index contributed by atoms with van der Waals surface area (Å²) >= 11 is 0. The van der Waals surface area contributed by atoms with Gasteiger partial charge in [-0.2, -0.15) is 8.78 Å². The van der Waals surface area contributed by atoms with Crippen LogP contribution in [0.25, 0.3) is 0 Å². The Hall–Kier alpha value is -3.23. The van der Waals surface area contributed by atoms with Gasteiger partial charge in [0.2, 0.25) is 0 Å². The Kier molecular flexibility index (Phi) is 5.83. The third kappa shape index (κ3) is 4.87. The number of nitro groups is 1. The van der Waals surface area contributed by atoms with Crippen molar-refractivity contribution in [2.75, 3.05) is 7.11 Å². The zero-order chi connectivity index (χ0) is 18.4. The lowest BCUT2D eigenvalue weighted by Gasteiger charge is -2.11. The summed E-state index contributed by atoms with van der Waals surface area (Å²) in [6.07, 6.45) is 0. The van der Waals surface area contributed by atoms with Crippen molar-refractivity contribution in [1.29, 1.82) is 0 Å². The van der Waals surface area contributed by atoms with Crippen molar-refractivity contribution in [2.45, 2.75) is 13.2 Å². The van der Waals surface area contributed by atoms with Crippen LogP contribution in [0.4, 0.5) is 14.5 Å². The lowest BCUT2D eigenvalue weighted by Crippen LogP contribution is -2.07. The van der Waals surface area contributed by atoms with Crippen LogP contribution in [0.3, 0.4) is 0 Å². The van der Waals surface area contributed by atoms with Crippen LogP contribution in [-0.4, -0.2) is 24.6 Å². The number of benzene rings is 2. The number of hydrogen-bond donors (Lipinski definition) is 0. The molecule has 0 spiro atoms. The average molecular weight is 353 g/mol. The van der Waals surface area contributed by atoms with Crippen LogP contribution in [-0.2, 0) is 11.3 Å². The zero-order valence-corrected chi connectivity index (χ0v) is 13.0. The minimum Gasteiger partial charge on any atom is -0.493 e. The first kappa shape index (κ1) is 18.1. The summed E-state index contributed by atoms with van der Waals surface area (Å²) in [5.41, 5.74) is 0.375. The number of halogens is 2. The van der Waals surface area contributed by atoms with Gasteiger partial charge >= 0.3 is 12.6 Å². The Morgan fingerprint density at radius 2 is 1.96 bits per heavy atom. The molecule has 9 heteroatoms. The van der Waals surface area contributed by atoms with Gasteiger partial charge in [-0.05, 0) is 23.8 Å². The Balaban J connectivity index is 2.08. The van der Waals surface area contributed by atoms with Gasteiger partial charge in [-0.3, -0.25) is 10.1 Å². The molecule has 7 nitrogen and oxygen atoms in total. The Morgan fingerprint density at radius 1 is 1.20 bits per heavy atom. The molecule has 0 saturated carbocycles. The highest BCUT2D eigenvalue weighted by atomic mass is 19.3. The van der Waals surface area contributed by atoms with E-state index in [0.717, 1.165) is 6.07 Å². The Labute approximate surface area is 140 Å². The van der Waals surface area contributed by atoms with Crippen molar-refractivity contribution in [3.63, 3.8) is 0 Å². The van der Waals surface area contributed by atoms with Gasteiger partial charge in [0.15, 0.2) is 11.5 Å². The fourth-order valence-electron chi connectivity index (χ4n) is 1.98. The maximum atomic E-state index is 12.3. The van der Waals surface area contributed by atoms with Crippen LogP contribution >= 0.6 is 0 Å². The maximum absolute atomic E-state index is 12.3. The second-order valence-corrected chi connectivity index (χ2v) is 4.75. The van der Waals surface area contributed by atoms with E-state index >= 15 is 0 Å². The van der Waals surface area contributed by atoms with Crippen LogP contribution in [0.5, 0.6) is 11.5 Å². The van der Waals surface area contributed by atoms with Crippen molar-refractivity contribution >= 4 is 11.7 Å². The first-order valence-electron chi connectivity index (χ1n) is 6.94. The van der Waals surface area contributed by atoms with Gasteiger partial charge in [0.05, 0.1) is 17.6 Å². The summed E-state index contributed by atoms with van der Waals surface area (Å²) in [6.45, 7) is -3.21. The summed E-state index contributed by atoms with van der Waals surface area (Å²) in [5, 5.41) is 10.7. The largest absolute Gasteiger partial charge is 0.493 e. The maximum Gasteiger partial charge on any atom is 0.387 e. The molecule has 132 valence electrons. The second-order valence-electron chi connectivity index (χ2n) is 4.75. The van der Waals surface area contributed by atoms with Crippen molar-refractivity contribution in [2.24, 2.45) is 0 Å². The van der Waals surface area contributed by atoms with E-state index in [1.54, 1.807) is 6.07 Å². The van der Waals surface area contributed by atoms with Crippen molar-refractivity contribution in [3.05, 3.63) is 63.7 Å². The summed E-state index contributed by atoms with van der Waals surface area (Å²) in [7, 11) is 1.24. The number of nitrogens with zero attached hydrogens (tertiary/aromatic N) is 1. The summed E-state index contributed by atoms with van der Waals surface area (Å²) < 4.78 is 38.8. The molecule has 0 bridgehead atoms. The first-order valence-corrected chi connectivity index (χ1v) is 6.94. The van der Waals surface area contributed by atoms with Crippen LogP contribution in [0.15, 0.2) is 42.5 Å². The van der Waals surface area contributed by atoms with E-state index in [1.165, 1.54) is 37.4 Å². The predicted molar refractivity (Wildman–Crippen MR) is 81.8 cm³/mol. The minimum atomic E-state index is -3.03. The fourth-order valence-corrected chi connectivity index (χ4v) is 1.98. The van der Waals surface area contributed by atoms with Crippen LogP contribution in [0, 0.1) is 10.1 Å². The van der Waals surface area contributed by atoms with Crippen molar-refractivity contribution in [3.8, 4) is 11.5 Å². The molecule has 0 amide bonds. The molecule has 0 aliphatic carbocycles. The summed E-state index contributed by atoms with van der Waals surface area (Å²) in [5.74, 6) is -1.01. The highest BCUT2D eigenvalue weighted by molar-refractivity contribution is 5.90. The van der Waals surface area contributed by atoms with E-state index in [0.29, 0.717) is 5.56 Å². The second kappa shape index (κ2) is 8.04. The van der Waals surface area contributed by atoms with Crippen LogP contribution < -0.4 is 9.47 Å². The number of nitro benzene ring substituents is 1. The Morgan fingerprint density at radius 3 is 2.60 bits per heavy atom. The van der Waals surface area contributed by atoms with Gasteiger partial charge in [0.25, 0.3) is 5.69 Å². The molecular weight excluding hydrogens is 340 g/mol. The van der Waals surface area contributed by atoms with Crippen molar-refractivity contribution < 1.29 is 32.7 Å². The topological polar surface area (TPSA) is 87.9 Å². The number of carbonyl (C=O) groups is 1. The number of rotatable bonds is 7. The van der Waals surface area contributed by atoms with Crippen LogP contribution in [0.2, 0.25) is 0 Å². The molecule has 0 N–H and O–H groups in total. The predicted octanol–water partition coefficient (Wildman–Crippen LogP) is 3.56. The molecule has 0 fully saturated rings. The van der Waals surface area contributed by atoms with E-state index in [2.05, 4.69) is 4.74 Å². The zero-order valence-electron chi connectivity index (χ0n) is 13.0. The number of carbonyl (C=O) groups excluding carboxylic acids is 1. The quantitative estimate of drug-likeness (QED) is 0.430. The number of ether oxygens (including phenoxy) is 3. The third-order valence-electron chi connectivity index (χ3n) is 3.11. The smallest absolute Gasteiger partial charge is 0.387 e. The average Bonchev–Trinajstić information content (AvgIpc) is 2.59. The molecule has 2 aromatic rings. The fraction of sp³-hybridized carbons (Fsp3) is 0.188. The number of alkyl halides is 2. The van der Waals surface area contributed by atoms with Gasteiger partial charge in [0, 0.05) is 12.1 Å². The molecule has 25 heavy (non-hydrogen) atoms. The van der Waals surface area contributed by atoms with E-state index in [-0.39, 0.29) is 29.4 Å². The molecule has 0 unspecified atom stereocenters.